The first-order chi connectivity index (χ1) is 7.25. The second-order valence-electron chi connectivity index (χ2n) is 3.32. The van der Waals surface area contributed by atoms with Gasteiger partial charge in [0.2, 0.25) is 0 Å². The molecule has 0 atom stereocenters. The Kier molecular flexibility index (Phi) is 3.07. The van der Waals surface area contributed by atoms with Crippen LogP contribution < -0.4 is 4.74 Å². The van der Waals surface area contributed by atoms with Gasteiger partial charge in [-0.1, -0.05) is 40.2 Å². The number of aryl methyl sites for hydroxylation is 1. The third-order valence-electron chi connectivity index (χ3n) is 2.12. The highest BCUT2D eigenvalue weighted by Gasteiger charge is 2.01. The van der Waals surface area contributed by atoms with Crippen molar-refractivity contribution in [2.45, 2.75) is 6.92 Å². The summed E-state index contributed by atoms with van der Waals surface area (Å²) in [6.07, 6.45) is 0. The average Bonchev–Trinajstić information content (AvgIpc) is 2.25. The van der Waals surface area contributed by atoms with Crippen molar-refractivity contribution in [2.75, 3.05) is 0 Å². The quantitative estimate of drug-likeness (QED) is 0.772. The van der Waals surface area contributed by atoms with Gasteiger partial charge in [0.05, 0.1) is 0 Å². The van der Waals surface area contributed by atoms with Crippen molar-refractivity contribution in [1.82, 2.24) is 0 Å². The van der Waals surface area contributed by atoms with E-state index in [9.17, 15) is 0 Å². The second kappa shape index (κ2) is 4.49. The lowest BCUT2D eigenvalue weighted by molar-refractivity contribution is 0.478. The normalized spacial score (nSPS) is 10.0. The predicted molar refractivity (Wildman–Crippen MR) is 65.4 cm³/mol. The van der Waals surface area contributed by atoms with Gasteiger partial charge in [-0.05, 0) is 36.8 Å². The highest BCUT2D eigenvalue weighted by Crippen LogP contribution is 2.27. The zero-order valence-corrected chi connectivity index (χ0v) is 9.99. The SMILES string of the molecule is Cc1ccc(Br)cc1Oc1ccccc1. The summed E-state index contributed by atoms with van der Waals surface area (Å²) in [6, 6.07) is 15.8. The number of ether oxygens (including phenoxy) is 1. The van der Waals surface area contributed by atoms with Crippen LogP contribution in [-0.4, -0.2) is 0 Å². The first kappa shape index (κ1) is 10.2. The summed E-state index contributed by atoms with van der Waals surface area (Å²) in [4.78, 5) is 0. The number of rotatable bonds is 2. The molecule has 0 spiro atoms. The van der Waals surface area contributed by atoms with Gasteiger partial charge in [-0.2, -0.15) is 0 Å². The third kappa shape index (κ3) is 2.60. The molecule has 0 aromatic heterocycles. The minimum atomic E-state index is 0.860. The molecule has 0 aliphatic rings. The minimum Gasteiger partial charge on any atom is -0.457 e. The summed E-state index contributed by atoms with van der Waals surface area (Å²) in [7, 11) is 0. The van der Waals surface area contributed by atoms with Crippen LogP contribution in [0.2, 0.25) is 0 Å². The smallest absolute Gasteiger partial charge is 0.131 e. The van der Waals surface area contributed by atoms with E-state index in [0.717, 1.165) is 21.5 Å². The molecule has 2 aromatic rings. The highest BCUT2D eigenvalue weighted by atomic mass is 79.9. The summed E-state index contributed by atoms with van der Waals surface area (Å²) >= 11 is 3.43. The van der Waals surface area contributed by atoms with Gasteiger partial charge in [0.25, 0.3) is 0 Å². The first-order valence-corrected chi connectivity index (χ1v) is 5.54. The molecule has 2 rings (SSSR count). The van der Waals surface area contributed by atoms with E-state index in [2.05, 4.69) is 15.9 Å². The number of para-hydroxylation sites is 1. The number of hydrogen-bond donors (Lipinski definition) is 0. The van der Waals surface area contributed by atoms with Gasteiger partial charge in [0.15, 0.2) is 0 Å². The average molecular weight is 263 g/mol. The first-order valence-electron chi connectivity index (χ1n) is 4.75. The molecule has 0 N–H and O–H groups in total. The third-order valence-corrected chi connectivity index (χ3v) is 2.61. The fourth-order valence-corrected chi connectivity index (χ4v) is 1.64. The van der Waals surface area contributed by atoms with E-state index in [4.69, 9.17) is 4.74 Å². The maximum absolute atomic E-state index is 5.76. The van der Waals surface area contributed by atoms with E-state index >= 15 is 0 Å². The Morgan fingerprint density at radius 3 is 2.47 bits per heavy atom. The van der Waals surface area contributed by atoms with E-state index in [1.165, 1.54) is 0 Å². The van der Waals surface area contributed by atoms with Crippen LogP contribution in [0.5, 0.6) is 11.5 Å². The molecule has 0 saturated heterocycles. The topological polar surface area (TPSA) is 9.23 Å². The minimum absolute atomic E-state index is 0.860. The molecule has 0 saturated carbocycles. The van der Waals surface area contributed by atoms with Crippen molar-refractivity contribution in [1.29, 1.82) is 0 Å². The second-order valence-corrected chi connectivity index (χ2v) is 4.24. The number of halogens is 1. The van der Waals surface area contributed by atoms with Crippen molar-refractivity contribution < 1.29 is 4.74 Å². The van der Waals surface area contributed by atoms with Crippen LogP contribution in [0.4, 0.5) is 0 Å². The van der Waals surface area contributed by atoms with Gasteiger partial charge in [-0.3, -0.25) is 0 Å². The summed E-state index contributed by atoms with van der Waals surface area (Å²) in [5.74, 6) is 1.74. The zero-order chi connectivity index (χ0) is 10.7. The molecule has 0 bridgehead atoms. The van der Waals surface area contributed by atoms with Gasteiger partial charge in [0, 0.05) is 4.47 Å². The largest absolute Gasteiger partial charge is 0.457 e. The zero-order valence-electron chi connectivity index (χ0n) is 8.41. The molecule has 0 heterocycles. The summed E-state index contributed by atoms with van der Waals surface area (Å²) in [5.41, 5.74) is 1.13. The van der Waals surface area contributed by atoms with Gasteiger partial charge >= 0.3 is 0 Å². The van der Waals surface area contributed by atoms with Crippen LogP contribution >= 0.6 is 15.9 Å². The van der Waals surface area contributed by atoms with Gasteiger partial charge in [0.1, 0.15) is 11.5 Å². The molecule has 0 amide bonds. The molecule has 0 aliphatic carbocycles. The lowest BCUT2D eigenvalue weighted by Gasteiger charge is -2.08. The lowest BCUT2D eigenvalue weighted by Crippen LogP contribution is -1.86. The van der Waals surface area contributed by atoms with Crippen LogP contribution in [0, 0.1) is 6.92 Å². The molecule has 0 aliphatic heterocycles. The molecule has 0 unspecified atom stereocenters. The Labute approximate surface area is 97.8 Å². The summed E-state index contributed by atoms with van der Waals surface area (Å²) < 4.78 is 6.79. The monoisotopic (exact) mass is 262 g/mol. The Hall–Kier alpha value is -1.28. The van der Waals surface area contributed by atoms with E-state index < -0.39 is 0 Å². The lowest BCUT2D eigenvalue weighted by atomic mass is 10.2. The Morgan fingerprint density at radius 1 is 1.00 bits per heavy atom. The Morgan fingerprint density at radius 2 is 1.73 bits per heavy atom. The molecule has 76 valence electrons. The Balaban J connectivity index is 2.28. The maximum atomic E-state index is 5.76. The van der Waals surface area contributed by atoms with Crippen molar-refractivity contribution in [2.24, 2.45) is 0 Å². The van der Waals surface area contributed by atoms with Crippen LogP contribution in [0.3, 0.4) is 0 Å². The van der Waals surface area contributed by atoms with Gasteiger partial charge in [-0.15, -0.1) is 0 Å². The Bertz CT molecular complexity index is 451. The van der Waals surface area contributed by atoms with E-state index in [0.29, 0.717) is 0 Å². The number of hydrogen-bond acceptors (Lipinski definition) is 1. The van der Waals surface area contributed by atoms with Gasteiger partial charge in [-0.25, -0.2) is 0 Å². The van der Waals surface area contributed by atoms with Crippen LogP contribution in [0.25, 0.3) is 0 Å². The fourth-order valence-electron chi connectivity index (χ4n) is 1.30. The van der Waals surface area contributed by atoms with Crippen LogP contribution in [0.1, 0.15) is 5.56 Å². The highest BCUT2D eigenvalue weighted by molar-refractivity contribution is 9.10. The molecule has 1 nitrogen and oxygen atoms in total. The van der Waals surface area contributed by atoms with Crippen molar-refractivity contribution >= 4 is 15.9 Å². The maximum Gasteiger partial charge on any atom is 0.131 e. The molecular weight excluding hydrogens is 252 g/mol. The fraction of sp³-hybridized carbons (Fsp3) is 0.0769. The van der Waals surface area contributed by atoms with Gasteiger partial charge < -0.3 is 4.74 Å². The summed E-state index contributed by atoms with van der Waals surface area (Å²) in [6.45, 7) is 2.03. The van der Waals surface area contributed by atoms with Crippen LogP contribution in [0.15, 0.2) is 53.0 Å². The van der Waals surface area contributed by atoms with Crippen molar-refractivity contribution in [3.05, 3.63) is 58.6 Å². The standard InChI is InChI=1S/C13H11BrO/c1-10-7-8-11(14)9-13(10)15-12-5-3-2-4-6-12/h2-9H,1H3. The molecule has 15 heavy (non-hydrogen) atoms. The molecule has 2 heteroatoms. The molecule has 2 aromatic carbocycles. The number of benzene rings is 2. The molecule has 0 radical (unpaired) electrons. The van der Waals surface area contributed by atoms with Crippen LogP contribution in [-0.2, 0) is 0 Å². The predicted octanol–water partition coefficient (Wildman–Crippen LogP) is 4.55. The summed E-state index contributed by atoms with van der Waals surface area (Å²) in [5, 5.41) is 0. The molecule has 0 fully saturated rings. The van der Waals surface area contributed by atoms with E-state index in [1.54, 1.807) is 0 Å². The molecular formula is C13H11BrO. The van der Waals surface area contributed by atoms with E-state index in [1.807, 2.05) is 55.5 Å². The van der Waals surface area contributed by atoms with E-state index in [-0.39, 0.29) is 0 Å². The van der Waals surface area contributed by atoms with Crippen molar-refractivity contribution in [3.63, 3.8) is 0 Å². The van der Waals surface area contributed by atoms with Crippen molar-refractivity contribution in [3.8, 4) is 11.5 Å².